The molecular weight excluding hydrogens is 359 g/mol. The number of H-pyrrole nitrogens is 1. The Kier molecular flexibility index (Phi) is 5.25. The summed E-state index contributed by atoms with van der Waals surface area (Å²) < 4.78 is 43.2. The van der Waals surface area contributed by atoms with Crippen LogP contribution < -0.4 is 14.6 Å². The van der Waals surface area contributed by atoms with Crippen LogP contribution in [-0.2, 0) is 6.18 Å². The molecule has 144 valence electrons. The van der Waals surface area contributed by atoms with Gasteiger partial charge in [0.1, 0.15) is 25.0 Å². The van der Waals surface area contributed by atoms with Gasteiger partial charge in [0, 0.05) is 11.6 Å². The largest absolute Gasteiger partial charge is 0.496 e. The first-order valence-corrected chi connectivity index (χ1v) is 8.57. The molecule has 1 aliphatic rings. The van der Waals surface area contributed by atoms with Gasteiger partial charge in [0.25, 0.3) is 11.7 Å². The number of ether oxygens (including phenoxy) is 1. The van der Waals surface area contributed by atoms with Crippen LogP contribution in [0.5, 0.6) is 5.75 Å². The number of rotatable bonds is 3. The Balaban J connectivity index is 1.64. The lowest BCUT2D eigenvalue weighted by Crippen LogP contribution is -2.50. The lowest BCUT2D eigenvalue weighted by Gasteiger charge is -2.31. The van der Waals surface area contributed by atoms with E-state index in [1.165, 1.54) is 6.07 Å². The molecule has 1 aromatic carbocycles. The lowest BCUT2D eigenvalue weighted by molar-refractivity contribution is -0.367. The summed E-state index contributed by atoms with van der Waals surface area (Å²) >= 11 is 0. The zero-order valence-corrected chi connectivity index (χ0v) is 15.1. The highest BCUT2D eigenvalue weighted by Crippen LogP contribution is 2.28. The van der Waals surface area contributed by atoms with Crippen LogP contribution in [-0.4, -0.2) is 44.1 Å². The van der Waals surface area contributed by atoms with Crippen molar-refractivity contribution in [2.75, 3.05) is 38.2 Å². The lowest BCUT2D eigenvalue weighted by atomic mass is 10.1. The molecule has 0 atom stereocenters. The molecule has 0 spiro atoms. The van der Waals surface area contributed by atoms with Gasteiger partial charge in [-0.3, -0.25) is 9.69 Å². The maximum absolute atomic E-state index is 12.7. The molecule has 27 heavy (non-hydrogen) atoms. The Morgan fingerprint density at radius 1 is 1.11 bits per heavy atom. The zero-order chi connectivity index (χ0) is 19.6. The summed E-state index contributed by atoms with van der Waals surface area (Å²) in [5, 5.41) is 0. The quantitative estimate of drug-likeness (QED) is 0.823. The first kappa shape index (κ1) is 19.0. The number of nitrogens with one attached hydrogen (secondary N) is 1. The average Bonchev–Trinajstić information content (AvgIpc) is 2.67. The van der Waals surface area contributed by atoms with E-state index in [-0.39, 0.29) is 5.91 Å². The van der Waals surface area contributed by atoms with Crippen molar-refractivity contribution < 1.29 is 27.7 Å². The molecule has 0 bridgehead atoms. The highest BCUT2D eigenvalue weighted by molar-refractivity contribution is 5.95. The molecule has 1 saturated heterocycles. The van der Waals surface area contributed by atoms with Crippen LogP contribution in [0, 0.1) is 6.92 Å². The number of anilines is 1. The molecule has 1 fully saturated rings. The van der Waals surface area contributed by atoms with Crippen LogP contribution in [0.4, 0.5) is 19.0 Å². The summed E-state index contributed by atoms with van der Waals surface area (Å²) in [5.41, 5.74) is 0.803. The number of nitrogens with zero attached hydrogens (tertiary/aromatic N) is 2. The minimum atomic E-state index is -4.37. The number of aryl methyl sites for hydroxylation is 1. The summed E-state index contributed by atoms with van der Waals surface area (Å²) in [6, 6.07) is 7.83. The van der Waals surface area contributed by atoms with Crippen LogP contribution in [0.2, 0.25) is 0 Å². The van der Waals surface area contributed by atoms with E-state index in [2.05, 4.69) is 4.98 Å². The van der Waals surface area contributed by atoms with Gasteiger partial charge in [-0.1, -0.05) is 6.07 Å². The van der Waals surface area contributed by atoms with E-state index in [0.717, 1.165) is 17.8 Å². The number of pyridine rings is 1. The maximum Gasteiger partial charge on any atom is 0.419 e. The Labute approximate surface area is 155 Å². The van der Waals surface area contributed by atoms with Crippen LogP contribution in [0.15, 0.2) is 36.5 Å². The van der Waals surface area contributed by atoms with Gasteiger partial charge in [0.2, 0.25) is 0 Å². The molecule has 2 aromatic rings. The normalized spacial score (nSPS) is 15.0. The van der Waals surface area contributed by atoms with E-state index >= 15 is 0 Å². The highest BCUT2D eigenvalue weighted by atomic mass is 19.4. The molecule has 3 rings (SSSR count). The topological polar surface area (TPSA) is 46.9 Å². The summed E-state index contributed by atoms with van der Waals surface area (Å²) in [7, 11) is 1.57. The van der Waals surface area contributed by atoms with Crippen LogP contribution in [0.1, 0.15) is 21.5 Å². The SMILES string of the molecule is COc1cc(C(=O)N2CCN(c3ccc(C(F)(F)F)c[nH+]3)CC2)ccc1C. The second kappa shape index (κ2) is 7.46. The van der Waals surface area contributed by atoms with Crippen LogP contribution >= 0.6 is 0 Å². The number of halogens is 3. The number of piperazine rings is 1. The third-order valence-corrected chi connectivity index (χ3v) is 4.69. The van der Waals surface area contributed by atoms with Crippen molar-refractivity contribution in [1.29, 1.82) is 0 Å². The van der Waals surface area contributed by atoms with Crippen molar-refractivity contribution in [3.05, 3.63) is 53.2 Å². The number of benzene rings is 1. The molecule has 1 aromatic heterocycles. The van der Waals surface area contributed by atoms with Gasteiger partial charge in [-0.2, -0.15) is 13.2 Å². The average molecular weight is 380 g/mol. The Bertz CT molecular complexity index is 814. The number of aromatic amines is 1. The van der Waals surface area contributed by atoms with Gasteiger partial charge in [0.05, 0.1) is 25.8 Å². The fraction of sp³-hybridized carbons (Fsp3) is 0.368. The Morgan fingerprint density at radius 3 is 2.37 bits per heavy atom. The van der Waals surface area contributed by atoms with E-state index in [1.807, 2.05) is 17.9 Å². The summed E-state index contributed by atoms with van der Waals surface area (Å²) in [5.74, 6) is 1.19. The number of carbonyl (C=O) groups is 1. The molecule has 8 heteroatoms. The monoisotopic (exact) mass is 380 g/mol. The van der Waals surface area contributed by atoms with Gasteiger partial charge >= 0.3 is 6.18 Å². The number of hydrogen-bond acceptors (Lipinski definition) is 3. The molecule has 5 nitrogen and oxygen atoms in total. The Hall–Kier alpha value is -2.77. The van der Waals surface area contributed by atoms with E-state index in [0.29, 0.717) is 43.3 Å². The molecule has 0 unspecified atom stereocenters. The molecule has 1 amide bonds. The van der Waals surface area contributed by atoms with Crippen molar-refractivity contribution in [3.63, 3.8) is 0 Å². The minimum absolute atomic E-state index is 0.0793. The van der Waals surface area contributed by atoms with Gasteiger partial charge in [0.15, 0.2) is 0 Å². The summed E-state index contributed by atoms with van der Waals surface area (Å²) in [6.07, 6.45) is -3.40. The molecule has 0 radical (unpaired) electrons. The number of alkyl halides is 3. The number of methoxy groups -OCH3 is 1. The van der Waals surface area contributed by atoms with E-state index in [1.54, 1.807) is 24.1 Å². The second-order valence-corrected chi connectivity index (χ2v) is 6.42. The van der Waals surface area contributed by atoms with Crippen molar-refractivity contribution in [2.45, 2.75) is 13.1 Å². The summed E-state index contributed by atoms with van der Waals surface area (Å²) in [6.45, 7) is 3.97. The molecular formula is C19H21F3N3O2+. The third-order valence-electron chi connectivity index (χ3n) is 4.69. The van der Waals surface area contributed by atoms with Crippen molar-refractivity contribution in [3.8, 4) is 5.75 Å². The van der Waals surface area contributed by atoms with E-state index < -0.39 is 11.7 Å². The highest BCUT2D eigenvalue weighted by Gasteiger charge is 2.33. The fourth-order valence-electron chi connectivity index (χ4n) is 3.08. The smallest absolute Gasteiger partial charge is 0.419 e. The zero-order valence-electron chi connectivity index (χ0n) is 15.1. The van der Waals surface area contributed by atoms with E-state index in [9.17, 15) is 18.0 Å². The predicted molar refractivity (Wildman–Crippen MR) is 93.8 cm³/mol. The number of hydrogen-bond donors (Lipinski definition) is 0. The molecule has 0 aliphatic carbocycles. The third kappa shape index (κ3) is 4.15. The van der Waals surface area contributed by atoms with Gasteiger partial charge < -0.3 is 9.64 Å². The van der Waals surface area contributed by atoms with Gasteiger partial charge in [-0.25, -0.2) is 4.98 Å². The standard InChI is InChI=1S/C19H20F3N3O2/c1-13-3-4-14(11-16(13)27-2)18(26)25-9-7-24(8-10-25)17-6-5-15(12-23-17)19(20,21)22/h3-6,11-12H,7-10H2,1-2H3/p+1. The van der Waals surface area contributed by atoms with Crippen molar-refractivity contribution in [1.82, 2.24) is 4.90 Å². The van der Waals surface area contributed by atoms with Gasteiger partial charge in [-0.15, -0.1) is 0 Å². The minimum Gasteiger partial charge on any atom is -0.496 e. The molecule has 1 aliphatic heterocycles. The van der Waals surface area contributed by atoms with Crippen LogP contribution in [0.25, 0.3) is 0 Å². The van der Waals surface area contributed by atoms with E-state index in [4.69, 9.17) is 4.74 Å². The summed E-state index contributed by atoms with van der Waals surface area (Å²) in [4.78, 5) is 19.1. The van der Waals surface area contributed by atoms with Crippen LogP contribution in [0.3, 0.4) is 0 Å². The first-order valence-electron chi connectivity index (χ1n) is 8.57. The number of amides is 1. The predicted octanol–water partition coefficient (Wildman–Crippen LogP) is 2.80. The van der Waals surface area contributed by atoms with Crippen molar-refractivity contribution in [2.24, 2.45) is 0 Å². The molecule has 2 heterocycles. The molecule has 1 N–H and O–H groups in total. The number of carbonyl (C=O) groups excluding carboxylic acids is 1. The Morgan fingerprint density at radius 2 is 1.81 bits per heavy atom. The number of aromatic nitrogens is 1. The first-order chi connectivity index (χ1) is 12.8. The van der Waals surface area contributed by atoms with Crippen molar-refractivity contribution >= 4 is 11.7 Å². The fourth-order valence-corrected chi connectivity index (χ4v) is 3.08. The molecule has 0 saturated carbocycles. The van der Waals surface area contributed by atoms with Gasteiger partial charge in [-0.05, 0) is 30.7 Å². The maximum atomic E-state index is 12.7. The second-order valence-electron chi connectivity index (χ2n) is 6.42.